The molecule has 1 aliphatic heterocycles. The van der Waals surface area contributed by atoms with Crippen molar-refractivity contribution >= 4 is 21.9 Å². The predicted octanol–water partition coefficient (Wildman–Crippen LogP) is 2.46. The van der Waals surface area contributed by atoms with Crippen molar-refractivity contribution in [2.45, 2.75) is 19.4 Å². The number of likely N-dealkylation sites (tertiary alicyclic amines) is 1. The van der Waals surface area contributed by atoms with Gasteiger partial charge in [-0.05, 0) is 25.1 Å². The lowest BCUT2D eigenvalue weighted by Gasteiger charge is -2.15. The second-order valence-corrected chi connectivity index (χ2v) is 5.81. The molecule has 4 heterocycles. The standard InChI is InChI=1S/C17H17N5O/c1-2-22-6-4-12(10-22)23-15-3-5-19-17-16(15)13-7-11(8-18)20-9-14(13)21-17/h3,5,7,9,12H,2,4,6,10H2,1H3,(H,19,21)/t12-/m1/s1. The van der Waals surface area contributed by atoms with E-state index in [2.05, 4.69) is 32.8 Å². The van der Waals surface area contributed by atoms with E-state index in [1.807, 2.05) is 6.07 Å². The van der Waals surface area contributed by atoms with Crippen LogP contribution in [0.4, 0.5) is 0 Å². The summed E-state index contributed by atoms with van der Waals surface area (Å²) in [6.07, 6.45) is 4.65. The number of ether oxygens (including phenoxy) is 1. The second-order valence-electron chi connectivity index (χ2n) is 5.81. The molecule has 1 saturated heterocycles. The minimum atomic E-state index is 0.197. The van der Waals surface area contributed by atoms with E-state index in [1.165, 1.54) is 0 Å². The van der Waals surface area contributed by atoms with Gasteiger partial charge in [-0.15, -0.1) is 0 Å². The van der Waals surface area contributed by atoms with E-state index in [-0.39, 0.29) is 6.10 Å². The van der Waals surface area contributed by atoms with E-state index in [0.717, 1.165) is 53.7 Å². The third-order valence-electron chi connectivity index (χ3n) is 4.42. The van der Waals surface area contributed by atoms with Gasteiger partial charge in [0, 0.05) is 24.7 Å². The number of hydrogen-bond donors (Lipinski definition) is 1. The van der Waals surface area contributed by atoms with E-state index in [1.54, 1.807) is 18.5 Å². The third kappa shape index (κ3) is 2.39. The molecule has 0 bridgehead atoms. The van der Waals surface area contributed by atoms with Crippen LogP contribution in [0, 0.1) is 11.3 Å². The monoisotopic (exact) mass is 307 g/mol. The molecule has 0 radical (unpaired) electrons. The Labute approximate surface area is 133 Å². The fraction of sp³-hybridized carbons (Fsp3) is 0.353. The lowest BCUT2D eigenvalue weighted by molar-refractivity contribution is 0.205. The van der Waals surface area contributed by atoms with Crippen LogP contribution in [0.5, 0.6) is 5.75 Å². The summed E-state index contributed by atoms with van der Waals surface area (Å²) in [7, 11) is 0. The van der Waals surface area contributed by atoms with Crippen LogP contribution < -0.4 is 4.74 Å². The largest absolute Gasteiger partial charge is 0.488 e. The average molecular weight is 307 g/mol. The van der Waals surface area contributed by atoms with Gasteiger partial charge in [-0.2, -0.15) is 5.26 Å². The number of rotatable bonds is 3. The summed E-state index contributed by atoms with van der Waals surface area (Å²) in [6, 6.07) is 5.77. The summed E-state index contributed by atoms with van der Waals surface area (Å²) in [6.45, 7) is 5.25. The number of hydrogen-bond acceptors (Lipinski definition) is 5. The predicted molar refractivity (Wildman–Crippen MR) is 87.3 cm³/mol. The van der Waals surface area contributed by atoms with Gasteiger partial charge in [0.2, 0.25) is 0 Å². The van der Waals surface area contributed by atoms with Gasteiger partial charge >= 0.3 is 0 Å². The van der Waals surface area contributed by atoms with Crippen molar-refractivity contribution < 1.29 is 4.74 Å². The number of aromatic amines is 1. The van der Waals surface area contributed by atoms with Crippen molar-refractivity contribution in [3.05, 3.63) is 30.2 Å². The molecule has 0 aliphatic carbocycles. The van der Waals surface area contributed by atoms with Gasteiger partial charge in [-0.25, -0.2) is 9.97 Å². The minimum Gasteiger partial charge on any atom is -0.488 e. The normalized spacial score (nSPS) is 18.5. The van der Waals surface area contributed by atoms with Crippen LogP contribution in [-0.2, 0) is 0 Å². The lowest BCUT2D eigenvalue weighted by Crippen LogP contribution is -2.24. The van der Waals surface area contributed by atoms with Crippen molar-refractivity contribution in [1.29, 1.82) is 5.26 Å². The SMILES string of the molecule is CCN1CC[C@@H](Oc2ccnc3[nH]c4cnc(C#N)cc4c23)C1. The maximum atomic E-state index is 9.09. The fourth-order valence-corrected chi connectivity index (χ4v) is 3.21. The molecule has 23 heavy (non-hydrogen) atoms. The molecule has 0 saturated carbocycles. The second kappa shape index (κ2) is 5.52. The lowest BCUT2D eigenvalue weighted by atomic mass is 10.2. The molecule has 1 atom stereocenters. The first-order chi connectivity index (χ1) is 11.3. The highest BCUT2D eigenvalue weighted by molar-refractivity contribution is 6.09. The summed E-state index contributed by atoms with van der Waals surface area (Å²) in [5.74, 6) is 0.819. The molecule has 4 rings (SSSR count). The first-order valence-electron chi connectivity index (χ1n) is 7.84. The van der Waals surface area contributed by atoms with Gasteiger partial charge in [-0.1, -0.05) is 6.92 Å². The van der Waals surface area contributed by atoms with Crippen LogP contribution in [0.15, 0.2) is 24.5 Å². The molecular formula is C17H17N5O. The molecule has 116 valence electrons. The summed E-state index contributed by atoms with van der Waals surface area (Å²) in [5, 5.41) is 10.9. The van der Waals surface area contributed by atoms with Gasteiger partial charge in [0.1, 0.15) is 29.3 Å². The summed E-state index contributed by atoms with van der Waals surface area (Å²) in [4.78, 5) is 14.1. The first-order valence-corrected chi connectivity index (χ1v) is 7.84. The Morgan fingerprint density at radius 2 is 2.39 bits per heavy atom. The van der Waals surface area contributed by atoms with E-state index in [0.29, 0.717) is 5.69 Å². The summed E-state index contributed by atoms with van der Waals surface area (Å²) >= 11 is 0. The first kappa shape index (κ1) is 14.0. The molecule has 0 amide bonds. The highest BCUT2D eigenvalue weighted by Gasteiger charge is 2.24. The van der Waals surface area contributed by atoms with Crippen LogP contribution in [0.2, 0.25) is 0 Å². The highest BCUT2D eigenvalue weighted by Crippen LogP contribution is 2.33. The zero-order chi connectivity index (χ0) is 15.8. The van der Waals surface area contributed by atoms with Gasteiger partial charge in [0.05, 0.1) is 17.1 Å². The minimum absolute atomic E-state index is 0.197. The number of pyridine rings is 2. The Morgan fingerprint density at radius 3 is 3.17 bits per heavy atom. The Bertz CT molecular complexity index is 910. The molecule has 0 spiro atoms. The maximum Gasteiger partial charge on any atom is 0.142 e. The van der Waals surface area contributed by atoms with E-state index < -0.39 is 0 Å². The number of nitrogens with one attached hydrogen (secondary N) is 1. The maximum absolute atomic E-state index is 9.09. The average Bonchev–Trinajstić information content (AvgIpc) is 3.18. The molecule has 6 nitrogen and oxygen atoms in total. The van der Waals surface area contributed by atoms with Crippen molar-refractivity contribution in [2.75, 3.05) is 19.6 Å². The van der Waals surface area contributed by atoms with Crippen molar-refractivity contribution in [1.82, 2.24) is 19.9 Å². The summed E-state index contributed by atoms with van der Waals surface area (Å²) in [5.41, 5.74) is 2.02. The molecule has 3 aromatic rings. The Kier molecular flexibility index (Phi) is 3.36. The van der Waals surface area contributed by atoms with Gasteiger partial charge in [0.25, 0.3) is 0 Å². The van der Waals surface area contributed by atoms with Gasteiger partial charge in [0.15, 0.2) is 0 Å². The van der Waals surface area contributed by atoms with Crippen LogP contribution in [-0.4, -0.2) is 45.6 Å². The van der Waals surface area contributed by atoms with Gasteiger partial charge < -0.3 is 9.72 Å². The van der Waals surface area contributed by atoms with Crippen molar-refractivity contribution in [3.8, 4) is 11.8 Å². The van der Waals surface area contributed by atoms with Crippen molar-refractivity contribution in [3.63, 3.8) is 0 Å². The zero-order valence-electron chi connectivity index (χ0n) is 12.9. The number of H-pyrrole nitrogens is 1. The quantitative estimate of drug-likeness (QED) is 0.804. The number of nitrogens with zero attached hydrogens (tertiary/aromatic N) is 4. The van der Waals surface area contributed by atoms with E-state index >= 15 is 0 Å². The van der Waals surface area contributed by atoms with Gasteiger partial charge in [-0.3, -0.25) is 4.90 Å². The molecule has 0 aromatic carbocycles. The molecule has 6 heteroatoms. The van der Waals surface area contributed by atoms with Crippen LogP contribution >= 0.6 is 0 Å². The van der Waals surface area contributed by atoms with E-state index in [4.69, 9.17) is 10.00 Å². The Balaban J connectivity index is 1.78. The number of aromatic nitrogens is 3. The van der Waals surface area contributed by atoms with E-state index in [9.17, 15) is 0 Å². The van der Waals surface area contributed by atoms with Crippen LogP contribution in [0.3, 0.4) is 0 Å². The zero-order valence-corrected chi connectivity index (χ0v) is 12.9. The Hall–Kier alpha value is -2.65. The molecule has 1 N–H and O–H groups in total. The third-order valence-corrected chi connectivity index (χ3v) is 4.42. The molecular weight excluding hydrogens is 290 g/mol. The molecule has 1 fully saturated rings. The van der Waals surface area contributed by atoms with Crippen LogP contribution in [0.1, 0.15) is 19.0 Å². The molecule has 1 aliphatic rings. The van der Waals surface area contributed by atoms with Crippen molar-refractivity contribution in [2.24, 2.45) is 0 Å². The summed E-state index contributed by atoms with van der Waals surface area (Å²) < 4.78 is 6.26. The molecule has 3 aromatic heterocycles. The number of nitriles is 1. The van der Waals surface area contributed by atoms with Crippen LogP contribution in [0.25, 0.3) is 21.9 Å². The number of fused-ring (bicyclic) bond motifs is 3. The smallest absolute Gasteiger partial charge is 0.142 e. The fourth-order valence-electron chi connectivity index (χ4n) is 3.21. The number of likely N-dealkylation sites (N-methyl/N-ethyl adjacent to an activating group) is 1. The Morgan fingerprint density at radius 1 is 1.48 bits per heavy atom. The highest BCUT2D eigenvalue weighted by atomic mass is 16.5. The molecule has 0 unspecified atom stereocenters. The topological polar surface area (TPSA) is 77.8 Å².